The number of rotatable bonds is 5. The fraction of sp³-hybridized carbons (Fsp3) is 0.0526. The number of hydrogen-bond acceptors (Lipinski definition) is 7. The summed E-state index contributed by atoms with van der Waals surface area (Å²) in [6, 6.07) is 15.5. The third-order valence-electron chi connectivity index (χ3n) is 3.55. The second-order valence-electron chi connectivity index (χ2n) is 5.33. The van der Waals surface area contributed by atoms with Crippen molar-refractivity contribution in [3.63, 3.8) is 0 Å². The summed E-state index contributed by atoms with van der Waals surface area (Å²) in [6.45, 7) is 0. The van der Waals surface area contributed by atoms with E-state index in [-0.39, 0.29) is 17.2 Å². The molecule has 8 heteroatoms. The predicted molar refractivity (Wildman–Crippen MR) is 102 cm³/mol. The number of aromatic hydroxyl groups is 1. The Hall–Kier alpha value is -3.70. The van der Waals surface area contributed by atoms with Crippen LogP contribution in [-0.4, -0.2) is 28.3 Å². The molecule has 27 heavy (non-hydrogen) atoms. The van der Waals surface area contributed by atoms with Crippen molar-refractivity contribution in [2.75, 3.05) is 12.4 Å². The van der Waals surface area contributed by atoms with Crippen LogP contribution >= 0.6 is 11.3 Å². The number of amides is 1. The van der Waals surface area contributed by atoms with Gasteiger partial charge in [0, 0.05) is 5.56 Å². The Morgan fingerprint density at radius 2 is 2.04 bits per heavy atom. The number of nitrogens with one attached hydrogen (secondary N) is 1. The van der Waals surface area contributed by atoms with Crippen LogP contribution in [0.15, 0.2) is 48.5 Å². The molecule has 0 aliphatic rings. The minimum Gasteiger partial charge on any atom is -0.504 e. The van der Waals surface area contributed by atoms with Crippen molar-refractivity contribution in [1.82, 2.24) is 10.2 Å². The smallest absolute Gasteiger partial charge is 0.257 e. The normalized spacial score (nSPS) is 10.9. The second-order valence-corrected chi connectivity index (χ2v) is 6.31. The van der Waals surface area contributed by atoms with Crippen molar-refractivity contribution >= 4 is 34.0 Å². The van der Waals surface area contributed by atoms with Crippen molar-refractivity contribution < 1.29 is 14.6 Å². The lowest BCUT2D eigenvalue weighted by Gasteiger charge is -2.03. The van der Waals surface area contributed by atoms with E-state index < -0.39 is 0 Å². The van der Waals surface area contributed by atoms with E-state index in [1.165, 1.54) is 13.2 Å². The maximum absolute atomic E-state index is 12.2. The van der Waals surface area contributed by atoms with Gasteiger partial charge in [-0.2, -0.15) is 5.26 Å². The quantitative estimate of drug-likeness (QED) is 0.657. The molecular weight excluding hydrogens is 364 g/mol. The van der Waals surface area contributed by atoms with Crippen molar-refractivity contribution in [3.8, 4) is 17.6 Å². The zero-order valence-electron chi connectivity index (χ0n) is 14.2. The van der Waals surface area contributed by atoms with Gasteiger partial charge >= 0.3 is 0 Å². The number of phenolic OH excluding ortho intramolecular Hbond substituents is 1. The largest absolute Gasteiger partial charge is 0.504 e. The van der Waals surface area contributed by atoms with Crippen LogP contribution in [0.4, 0.5) is 5.13 Å². The van der Waals surface area contributed by atoms with Crippen LogP contribution in [0, 0.1) is 11.3 Å². The van der Waals surface area contributed by atoms with E-state index >= 15 is 0 Å². The van der Waals surface area contributed by atoms with E-state index in [2.05, 4.69) is 21.6 Å². The first-order valence-electron chi connectivity index (χ1n) is 7.80. The molecule has 0 saturated heterocycles. The van der Waals surface area contributed by atoms with Gasteiger partial charge in [0.2, 0.25) is 5.13 Å². The summed E-state index contributed by atoms with van der Waals surface area (Å²) in [5.74, 6) is 0.00755. The molecule has 0 saturated carbocycles. The lowest BCUT2D eigenvalue weighted by atomic mass is 10.1. The number of methoxy groups -OCH3 is 1. The van der Waals surface area contributed by atoms with Crippen molar-refractivity contribution in [2.45, 2.75) is 0 Å². The van der Waals surface area contributed by atoms with Crippen molar-refractivity contribution in [1.29, 1.82) is 5.26 Å². The van der Waals surface area contributed by atoms with E-state index in [9.17, 15) is 15.2 Å². The number of ether oxygens (including phenoxy) is 1. The Labute approximate surface area is 159 Å². The maximum atomic E-state index is 12.2. The highest BCUT2D eigenvalue weighted by molar-refractivity contribution is 7.16. The highest BCUT2D eigenvalue weighted by atomic mass is 32.1. The van der Waals surface area contributed by atoms with Gasteiger partial charge in [-0.15, -0.1) is 10.2 Å². The summed E-state index contributed by atoms with van der Waals surface area (Å²) in [7, 11) is 1.44. The van der Waals surface area contributed by atoms with Crippen LogP contribution < -0.4 is 10.1 Å². The van der Waals surface area contributed by atoms with Crippen LogP contribution in [0.25, 0.3) is 11.6 Å². The fourth-order valence-electron chi connectivity index (χ4n) is 2.23. The molecule has 1 heterocycles. The third kappa shape index (κ3) is 4.29. The van der Waals surface area contributed by atoms with Gasteiger partial charge in [-0.1, -0.05) is 35.6 Å². The summed E-state index contributed by atoms with van der Waals surface area (Å²) in [6.07, 6.45) is 1.60. The molecule has 2 N–H and O–H groups in total. The number of carbonyl (C=O) groups is 1. The lowest BCUT2D eigenvalue weighted by Crippen LogP contribution is -2.11. The Bertz CT molecular complexity index is 1040. The maximum Gasteiger partial charge on any atom is 0.257 e. The van der Waals surface area contributed by atoms with Gasteiger partial charge in [-0.25, -0.2) is 0 Å². The molecular formula is C19H14N4O3S. The van der Waals surface area contributed by atoms with Crippen LogP contribution in [0.2, 0.25) is 0 Å². The van der Waals surface area contributed by atoms with E-state index in [1.807, 2.05) is 6.07 Å². The van der Waals surface area contributed by atoms with Crippen molar-refractivity contribution in [3.05, 3.63) is 64.7 Å². The zero-order chi connectivity index (χ0) is 19.2. The average molecular weight is 378 g/mol. The van der Waals surface area contributed by atoms with E-state index in [4.69, 9.17) is 4.74 Å². The van der Waals surface area contributed by atoms with Gasteiger partial charge in [0.05, 0.1) is 12.7 Å². The second kappa shape index (κ2) is 8.12. The van der Waals surface area contributed by atoms with E-state index in [0.717, 1.165) is 11.3 Å². The first kappa shape index (κ1) is 18.1. The molecule has 7 nitrogen and oxygen atoms in total. The van der Waals surface area contributed by atoms with E-state index in [0.29, 0.717) is 27.0 Å². The van der Waals surface area contributed by atoms with Crippen LogP contribution in [0.1, 0.15) is 20.9 Å². The number of anilines is 1. The molecule has 134 valence electrons. The first-order valence-corrected chi connectivity index (χ1v) is 8.61. The molecule has 1 aromatic heterocycles. The van der Waals surface area contributed by atoms with Gasteiger partial charge in [-0.3, -0.25) is 10.1 Å². The number of nitriles is 1. The summed E-state index contributed by atoms with van der Waals surface area (Å²) in [5, 5.41) is 30.3. The van der Waals surface area contributed by atoms with Gasteiger partial charge in [0.25, 0.3) is 5.91 Å². The highest BCUT2D eigenvalue weighted by Gasteiger charge is 2.13. The number of hydrogen-bond donors (Lipinski definition) is 2. The zero-order valence-corrected chi connectivity index (χ0v) is 15.0. The molecule has 3 rings (SSSR count). The summed E-state index contributed by atoms with van der Waals surface area (Å²) < 4.78 is 5.06. The number of allylic oxidation sites excluding steroid dienone is 1. The molecule has 0 bridgehead atoms. The van der Waals surface area contributed by atoms with Crippen LogP contribution in [0.3, 0.4) is 0 Å². The Morgan fingerprint density at radius 3 is 2.74 bits per heavy atom. The average Bonchev–Trinajstić information content (AvgIpc) is 3.16. The highest BCUT2D eigenvalue weighted by Crippen LogP contribution is 2.29. The molecule has 0 aliphatic heterocycles. The minimum atomic E-state index is -0.302. The fourth-order valence-corrected chi connectivity index (χ4v) is 2.94. The first-order chi connectivity index (χ1) is 13.1. The predicted octanol–water partition coefficient (Wildman–Crippen LogP) is 3.57. The number of phenols is 1. The number of benzene rings is 2. The molecule has 2 aromatic carbocycles. The van der Waals surface area contributed by atoms with Gasteiger partial charge in [0.1, 0.15) is 6.07 Å². The van der Waals surface area contributed by atoms with Crippen LogP contribution in [0.5, 0.6) is 11.5 Å². The summed E-state index contributed by atoms with van der Waals surface area (Å²) in [5.41, 5.74) is 1.44. The molecule has 1 amide bonds. The van der Waals surface area contributed by atoms with E-state index in [1.54, 1.807) is 42.5 Å². The standard InChI is InChI=1S/C19H14N4O3S/c1-26-16-10-12(7-8-15(16)24)9-14(11-20)18-22-23-19(27-18)21-17(25)13-5-3-2-4-6-13/h2-10,24H,1H3,(H,21,23,25). The van der Waals surface area contributed by atoms with Gasteiger partial charge in [0.15, 0.2) is 16.5 Å². The molecule has 0 atom stereocenters. The molecule has 0 aliphatic carbocycles. The third-order valence-corrected chi connectivity index (χ3v) is 4.42. The molecule has 0 fully saturated rings. The lowest BCUT2D eigenvalue weighted by molar-refractivity contribution is 0.102. The minimum absolute atomic E-state index is 0.00924. The molecule has 0 unspecified atom stereocenters. The number of aromatic nitrogens is 2. The Kier molecular flexibility index (Phi) is 5.44. The summed E-state index contributed by atoms with van der Waals surface area (Å²) in [4.78, 5) is 12.2. The van der Waals surface area contributed by atoms with Crippen molar-refractivity contribution in [2.24, 2.45) is 0 Å². The molecule has 0 spiro atoms. The van der Waals surface area contributed by atoms with Gasteiger partial charge < -0.3 is 9.84 Å². The van der Waals surface area contributed by atoms with Gasteiger partial charge in [-0.05, 0) is 35.9 Å². The number of nitrogens with zero attached hydrogens (tertiary/aromatic N) is 3. The SMILES string of the molecule is COc1cc(C=C(C#N)c2nnc(NC(=O)c3ccccc3)s2)ccc1O. The Morgan fingerprint density at radius 1 is 1.26 bits per heavy atom. The Balaban J connectivity index is 1.81. The number of carbonyl (C=O) groups excluding carboxylic acids is 1. The van der Waals surface area contributed by atoms with Crippen LogP contribution in [-0.2, 0) is 0 Å². The molecule has 0 radical (unpaired) electrons. The topological polar surface area (TPSA) is 108 Å². The summed E-state index contributed by atoms with van der Waals surface area (Å²) >= 11 is 1.10. The monoisotopic (exact) mass is 378 g/mol. The molecule has 3 aromatic rings.